The van der Waals surface area contributed by atoms with Crippen molar-refractivity contribution >= 4 is 11.6 Å². The van der Waals surface area contributed by atoms with E-state index in [1.165, 1.54) is 18.3 Å². The van der Waals surface area contributed by atoms with Gasteiger partial charge in [-0.1, -0.05) is 12.1 Å². The third kappa shape index (κ3) is 5.35. The molecule has 0 aliphatic carbocycles. The predicted molar refractivity (Wildman–Crippen MR) is 84.8 cm³/mol. The number of nitrogens with one attached hydrogen (secondary N) is 2. The molecule has 1 amide bonds. The van der Waals surface area contributed by atoms with Crippen LogP contribution in [0.25, 0.3) is 0 Å². The SMILES string of the molecule is N#C/C(=C/NCc1cccnc1)C(=O)Nc1cccc(C(F)(F)F)c1. The Balaban J connectivity index is 2.03. The zero-order chi connectivity index (χ0) is 18.3. The van der Waals surface area contributed by atoms with E-state index in [1.807, 2.05) is 6.07 Å². The molecule has 0 saturated heterocycles. The normalized spacial score (nSPS) is 11.5. The molecule has 5 nitrogen and oxygen atoms in total. The molecule has 25 heavy (non-hydrogen) atoms. The first-order chi connectivity index (χ1) is 11.9. The lowest BCUT2D eigenvalue weighted by molar-refractivity contribution is -0.137. The number of anilines is 1. The lowest BCUT2D eigenvalue weighted by Crippen LogP contribution is -2.17. The molecule has 2 aromatic rings. The molecule has 1 aromatic carbocycles. The topological polar surface area (TPSA) is 77.8 Å². The highest BCUT2D eigenvalue weighted by Gasteiger charge is 2.30. The zero-order valence-corrected chi connectivity index (χ0v) is 12.8. The van der Waals surface area contributed by atoms with Crippen molar-refractivity contribution < 1.29 is 18.0 Å². The Morgan fingerprint density at radius 1 is 1.28 bits per heavy atom. The fraction of sp³-hybridized carbons (Fsp3) is 0.118. The molecule has 0 aliphatic heterocycles. The maximum Gasteiger partial charge on any atom is 0.416 e. The van der Waals surface area contributed by atoms with Crippen molar-refractivity contribution in [2.75, 3.05) is 5.32 Å². The van der Waals surface area contributed by atoms with Crippen LogP contribution in [0.5, 0.6) is 0 Å². The van der Waals surface area contributed by atoms with Gasteiger partial charge >= 0.3 is 6.18 Å². The number of pyridine rings is 1. The summed E-state index contributed by atoms with van der Waals surface area (Å²) in [5.41, 5.74) is -0.355. The Labute approximate surface area is 141 Å². The van der Waals surface area contributed by atoms with Crippen molar-refractivity contribution in [3.63, 3.8) is 0 Å². The molecule has 0 fully saturated rings. The summed E-state index contributed by atoms with van der Waals surface area (Å²) in [7, 11) is 0. The number of nitrogens with zero attached hydrogens (tertiary/aromatic N) is 2. The summed E-state index contributed by atoms with van der Waals surface area (Å²) in [5, 5.41) is 14.1. The van der Waals surface area contributed by atoms with E-state index in [1.54, 1.807) is 24.5 Å². The third-order valence-electron chi connectivity index (χ3n) is 3.09. The molecule has 0 bridgehead atoms. The highest BCUT2D eigenvalue weighted by molar-refractivity contribution is 6.06. The number of benzene rings is 1. The van der Waals surface area contributed by atoms with Gasteiger partial charge in [0.1, 0.15) is 11.6 Å². The number of carbonyl (C=O) groups excluding carboxylic acids is 1. The standard InChI is InChI=1S/C17H13F3N4O/c18-17(19,20)14-4-1-5-15(7-14)24-16(25)13(8-21)11-23-10-12-3-2-6-22-9-12/h1-7,9,11,23H,10H2,(H,24,25)/b13-11-. The van der Waals surface area contributed by atoms with Gasteiger partial charge in [0.15, 0.2) is 0 Å². The maximum absolute atomic E-state index is 12.7. The molecule has 2 rings (SSSR count). The van der Waals surface area contributed by atoms with Crippen LogP contribution >= 0.6 is 0 Å². The van der Waals surface area contributed by atoms with E-state index in [9.17, 15) is 18.0 Å². The Bertz CT molecular complexity index is 811. The molecule has 0 atom stereocenters. The van der Waals surface area contributed by atoms with Crippen LogP contribution in [0.4, 0.5) is 18.9 Å². The number of amides is 1. The number of rotatable bonds is 5. The van der Waals surface area contributed by atoms with Crippen molar-refractivity contribution in [1.29, 1.82) is 5.26 Å². The van der Waals surface area contributed by atoms with Crippen LogP contribution in [0.1, 0.15) is 11.1 Å². The number of alkyl halides is 3. The Kier molecular flexibility index (Phi) is 5.74. The van der Waals surface area contributed by atoms with Crippen LogP contribution in [0.2, 0.25) is 0 Å². The van der Waals surface area contributed by atoms with Crippen LogP contribution < -0.4 is 10.6 Å². The van der Waals surface area contributed by atoms with E-state index in [0.29, 0.717) is 6.54 Å². The molecule has 8 heteroatoms. The average Bonchev–Trinajstić information content (AvgIpc) is 2.59. The van der Waals surface area contributed by atoms with E-state index < -0.39 is 17.6 Å². The molecule has 2 N–H and O–H groups in total. The molecular formula is C17H13F3N4O. The Morgan fingerprint density at radius 2 is 2.08 bits per heavy atom. The minimum atomic E-state index is -4.51. The number of hydrogen-bond acceptors (Lipinski definition) is 4. The minimum absolute atomic E-state index is 0.0479. The van der Waals surface area contributed by atoms with Crippen LogP contribution in [0.15, 0.2) is 60.6 Å². The fourth-order valence-electron chi connectivity index (χ4n) is 1.89. The van der Waals surface area contributed by atoms with Gasteiger partial charge in [0, 0.05) is 30.8 Å². The van der Waals surface area contributed by atoms with Crippen molar-refractivity contribution in [2.45, 2.75) is 12.7 Å². The summed E-state index contributed by atoms with van der Waals surface area (Å²) >= 11 is 0. The fourth-order valence-corrected chi connectivity index (χ4v) is 1.89. The van der Waals surface area contributed by atoms with Crippen molar-refractivity contribution in [1.82, 2.24) is 10.3 Å². The van der Waals surface area contributed by atoms with E-state index in [-0.39, 0.29) is 11.3 Å². The minimum Gasteiger partial charge on any atom is -0.386 e. The quantitative estimate of drug-likeness (QED) is 0.644. The Morgan fingerprint density at radius 3 is 2.72 bits per heavy atom. The van der Waals surface area contributed by atoms with Crippen molar-refractivity contribution in [3.8, 4) is 6.07 Å². The van der Waals surface area contributed by atoms with Gasteiger partial charge in [-0.25, -0.2) is 0 Å². The average molecular weight is 346 g/mol. The highest BCUT2D eigenvalue weighted by atomic mass is 19.4. The molecule has 1 heterocycles. The molecule has 1 aromatic heterocycles. The maximum atomic E-state index is 12.7. The first kappa shape index (κ1) is 18.0. The molecule has 0 unspecified atom stereocenters. The van der Waals surface area contributed by atoms with Gasteiger partial charge in [-0.3, -0.25) is 9.78 Å². The predicted octanol–water partition coefficient (Wildman–Crippen LogP) is 3.24. The van der Waals surface area contributed by atoms with Crippen LogP contribution in [0.3, 0.4) is 0 Å². The number of aromatic nitrogens is 1. The van der Waals surface area contributed by atoms with E-state index in [0.717, 1.165) is 17.7 Å². The highest BCUT2D eigenvalue weighted by Crippen LogP contribution is 2.30. The van der Waals surface area contributed by atoms with Gasteiger partial charge in [-0.2, -0.15) is 18.4 Å². The Hall–Kier alpha value is -3.34. The van der Waals surface area contributed by atoms with Gasteiger partial charge in [-0.15, -0.1) is 0 Å². The summed E-state index contributed by atoms with van der Waals surface area (Å²) in [6.07, 6.45) is -0.0754. The van der Waals surface area contributed by atoms with Crippen molar-refractivity contribution in [3.05, 3.63) is 71.7 Å². The molecule has 0 aliphatic rings. The smallest absolute Gasteiger partial charge is 0.386 e. The second-order valence-corrected chi connectivity index (χ2v) is 4.94. The van der Waals surface area contributed by atoms with Gasteiger partial charge in [-0.05, 0) is 29.8 Å². The lowest BCUT2D eigenvalue weighted by atomic mass is 10.2. The van der Waals surface area contributed by atoms with Gasteiger partial charge in [0.2, 0.25) is 0 Å². The number of hydrogen-bond donors (Lipinski definition) is 2. The van der Waals surface area contributed by atoms with E-state index >= 15 is 0 Å². The summed E-state index contributed by atoms with van der Waals surface area (Å²) in [6, 6.07) is 9.44. The van der Waals surface area contributed by atoms with Gasteiger partial charge in [0.25, 0.3) is 5.91 Å². The molecule has 0 radical (unpaired) electrons. The summed E-state index contributed by atoms with van der Waals surface area (Å²) < 4.78 is 38.0. The largest absolute Gasteiger partial charge is 0.416 e. The number of halogens is 3. The second kappa shape index (κ2) is 7.97. The third-order valence-corrected chi connectivity index (χ3v) is 3.09. The van der Waals surface area contributed by atoms with E-state index in [2.05, 4.69) is 15.6 Å². The second-order valence-electron chi connectivity index (χ2n) is 4.94. The number of nitriles is 1. The van der Waals surface area contributed by atoms with Crippen molar-refractivity contribution in [2.24, 2.45) is 0 Å². The molecule has 0 saturated carbocycles. The lowest BCUT2D eigenvalue weighted by Gasteiger charge is -2.09. The van der Waals surface area contributed by atoms with Gasteiger partial charge < -0.3 is 10.6 Å². The van der Waals surface area contributed by atoms with Crippen LogP contribution in [0, 0.1) is 11.3 Å². The number of carbonyl (C=O) groups is 1. The summed E-state index contributed by atoms with van der Waals surface area (Å²) in [5.74, 6) is -0.805. The first-order valence-electron chi connectivity index (χ1n) is 7.11. The van der Waals surface area contributed by atoms with Crippen LogP contribution in [-0.4, -0.2) is 10.9 Å². The van der Waals surface area contributed by atoms with Gasteiger partial charge in [0.05, 0.1) is 5.56 Å². The summed E-state index contributed by atoms with van der Waals surface area (Å²) in [6.45, 7) is 0.343. The van der Waals surface area contributed by atoms with Crippen LogP contribution in [-0.2, 0) is 17.5 Å². The van der Waals surface area contributed by atoms with E-state index in [4.69, 9.17) is 5.26 Å². The molecule has 128 valence electrons. The summed E-state index contributed by atoms with van der Waals surface area (Å²) in [4.78, 5) is 15.9. The monoisotopic (exact) mass is 346 g/mol. The zero-order valence-electron chi connectivity index (χ0n) is 12.8. The molecular weight excluding hydrogens is 333 g/mol. The molecule has 0 spiro atoms. The first-order valence-corrected chi connectivity index (χ1v) is 7.11.